The maximum absolute atomic E-state index is 12.3. The number of amides is 1. The van der Waals surface area contributed by atoms with Gasteiger partial charge in [-0.25, -0.2) is 0 Å². The van der Waals surface area contributed by atoms with E-state index in [0.29, 0.717) is 11.3 Å². The minimum absolute atomic E-state index is 0.0263. The van der Waals surface area contributed by atoms with E-state index in [1.54, 1.807) is 19.2 Å². The molecular formula is C17H17N3O2. The van der Waals surface area contributed by atoms with Crippen LogP contribution in [0.25, 0.3) is 10.9 Å². The summed E-state index contributed by atoms with van der Waals surface area (Å²) in [5, 5.41) is 21.1. The average molecular weight is 295 g/mol. The Morgan fingerprint density at radius 3 is 2.77 bits per heavy atom. The number of carbonyl (C=O) groups excluding carboxylic acids is 1. The van der Waals surface area contributed by atoms with Gasteiger partial charge in [0.25, 0.3) is 0 Å². The summed E-state index contributed by atoms with van der Waals surface area (Å²) in [7, 11) is 0. The Labute approximate surface area is 128 Å². The minimum Gasteiger partial charge on any atom is -0.385 e. The first-order chi connectivity index (χ1) is 10.6. The molecule has 2 aromatic carbocycles. The highest BCUT2D eigenvalue weighted by atomic mass is 16.3. The molecule has 1 aromatic heterocycles. The summed E-state index contributed by atoms with van der Waals surface area (Å²) >= 11 is 0. The lowest BCUT2D eigenvalue weighted by Crippen LogP contribution is -2.28. The van der Waals surface area contributed by atoms with Gasteiger partial charge in [-0.05, 0) is 18.6 Å². The molecule has 0 saturated carbocycles. The van der Waals surface area contributed by atoms with Crippen molar-refractivity contribution < 1.29 is 9.90 Å². The fourth-order valence-electron chi connectivity index (χ4n) is 2.48. The summed E-state index contributed by atoms with van der Waals surface area (Å²) in [5.74, 6) is -0.254. The highest BCUT2D eigenvalue weighted by molar-refractivity contribution is 6.00. The van der Waals surface area contributed by atoms with Crippen LogP contribution in [0.4, 0.5) is 5.69 Å². The first-order valence-corrected chi connectivity index (χ1v) is 7.06. The third-order valence-corrected chi connectivity index (χ3v) is 3.65. The van der Waals surface area contributed by atoms with E-state index in [9.17, 15) is 9.90 Å². The van der Waals surface area contributed by atoms with Crippen molar-refractivity contribution in [3.05, 3.63) is 60.3 Å². The molecule has 0 aliphatic rings. The molecular weight excluding hydrogens is 278 g/mol. The van der Waals surface area contributed by atoms with Gasteiger partial charge < -0.3 is 10.4 Å². The van der Waals surface area contributed by atoms with Gasteiger partial charge in [0.2, 0.25) is 5.91 Å². The number of aromatic amines is 1. The molecule has 3 rings (SSSR count). The average Bonchev–Trinajstić information content (AvgIpc) is 2.97. The van der Waals surface area contributed by atoms with Crippen LogP contribution in [0.2, 0.25) is 0 Å². The highest BCUT2D eigenvalue weighted by Crippen LogP contribution is 2.26. The number of anilines is 1. The number of carbonyl (C=O) groups is 1. The van der Waals surface area contributed by atoms with Crippen molar-refractivity contribution in [3.8, 4) is 0 Å². The molecule has 5 nitrogen and oxygen atoms in total. The van der Waals surface area contributed by atoms with Crippen LogP contribution in [-0.4, -0.2) is 21.2 Å². The summed E-state index contributed by atoms with van der Waals surface area (Å²) in [6, 6.07) is 14.7. The Bertz CT molecular complexity index is 794. The lowest BCUT2D eigenvalue weighted by atomic mass is 9.92. The maximum Gasteiger partial charge on any atom is 0.227 e. The van der Waals surface area contributed by atoms with Crippen molar-refractivity contribution in [2.75, 3.05) is 5.32 Å². The summed E-state index contributed by atoms with van der Waals surface area (Å²) in [6.07, 6.45) is 1.67. The largest absolute Gasteiger partial charge is 0.385 e. The number of para-hydroxylation sites is 1. The lowest BCUT2D eigenvalue weighted by Gasteiger charge is -2.23. The quantitative estimate of drug-likeness (QED) is 0.692. The van der Waals surface area contributed by atoms with E-state index in [-0.39, 0.29) is 12.3 Å². The van der Waals surface area contributed by atoms with Crippen molar-refractivity contribution in [3.63, 3.8) is 0 Å². The Balaban J connectivity index is 1.77. The number of hydrogen-bond acceptors (Lipinski definition) is 3. The molecule has 1 heterocycles. The lowest BCUT2D eigenvalue weighted by molar-refractivity contribution is -0.120. The Kier molecular flexibility index (Phi) is 3.65. The third-order valence-electron chi connectivity index (χ3n) is 3.65. The van der Waals surface area contributed by atoms with Crippen LogP contribution >= 0.6 is 0 Å². The zero-order chi connectivity index (χ0) is 15.6. The topological polar surface area (TPSA) is 78.0 Å². The molecule has 0 aliphatic heterocycles. The summed E-state index contributed by atoms with van der Waals surface area (Å²) in [5.41, 5.74) is 0.928. The molecule has 0 spiro atoms. The number of H-pyrrole nitrogens is 1. The van der Waals surface area contributed by atoms with Crippen molar-refractivity contribution in [2.24, 2.45) is 0 Å². The van der Waals surface area contributed by atoms with Gasteiger partial charge >= 0.3 is 0 Å². The van der Waals surface area contributed by atoms with Gasteiger partial charge in [-0.3, -0.25) is 9.89 Å². The number of rotatable bonds is 4. The normalized spacial score (nSPS) is 13.7. The van der Waals surface area contributed by atoms with Gasteiger partial charge in [0.1, 0.15) is 0 Å². The molecule has 0 aliphatic carbocycles. The summed E-state index contributed by atoms with van der Waals surface area (Å²) in [4.78, 5) is 12.3. The first-order valence-electron chi connectivity index (χ1n) is 7.06. The van der Waals surface area contributed by atoms with Crippen molar-refractivity contribution in [1.82, 2.24) is 10.2 Å². The second-order valence-electron chi connectivity index (χ2n) is 5.50. The summed E-state index contributed by atoms with van der Waals surface area (Å²) < 4.78 is 0. The van der Waals surface area contributed by atoms with E-state index in [0.717, 1.165) is 10.9 Å². The van der Waals surface area contributed by atoms with E-state index < -0.39 is 5.60 Å². The smallest absolute Gasteiger partial charge is 0.227 e. The fourth-order valence-corrected chi connectivity index (χ4v) is 2.48. The van der Waals surface area contributed by atoms with Crippen LogP contribution in [0.15, 0.2) is 54.7 Å². The van der Waals surface area contributed by atoms with Crippen molar-refractivity contribution in [2.45, 2.75) is 18.9 Å². The van der Waals surface area contributed by atoms with E-state index in [2.05, 4.69) is 15.5 Å². The predicted octanol–water partition coefficient (Wildman–Crippen LogP) is 2.80. The molecule has 0 bridgehead atoms. The van der Waals surface area contributed by atoms with E-state index in [1.807, 2.05) is 42.5 Å². The van der Waals surface area contributed by atoms with Gasteiger partial charge in [0, 0.05) is 5.39 Å². The van der Waals surface area contributed by atoms with Gasteiger partial charge in [0.05, 0.1) is 29.4 Å². The molecule has 3 N–H and O–H groups in total. The van der Waals surface area contributed by atoms with Gasteiger partial charge in [-0.2, -0.15) is 5.10 Å². The molecule has 5 heteroatoms. The molecule has 1 unspecified atom stereocenters. The fraction of sp³-hybridized carbons (Fsp3) is 0.176. The zero-order valence-corrected chi connectivity index (χ0v) is 12.2. The molecule has 0 saturated heterocycles. The number of aliphatic hydroxyl groups is 1. The van der Waals surface area contributed by atoms with Crippen LogP contribution in [0, 0.1) is 0 Å². The number of benzene rings is 2. The van der Waals surface area contributed by atoms with Crippen LogP contribution < -0.4 is 5.32 Å². The molecule has 112 valence electrons. The first kappa shape index (κ1) is 14.3. The number of nitrogens with one attached hydrogen (secondary N) is 2. The number of fused-ring (bicyclic) bond motifs is 1. The number of hydrogen-bond donors (Lipinski definition) is 3. The Hall–Kier alpha value is -2.66. The van der Waals surface area contributed by atoms with Crippen molar-refractivity contribution >= 4 is 22.5 Å². The zero-order valence-electron chi connectivity index (χ0n) is 12.2. The Morgan fingerprint density at radius 1 is 1.23 bits per heavy atom. The maximum atomic E-state index is 12.3. The van der Waals surface area contributed by atoms with Gasteiger partial charge in [0.15, 0.2) is 0 Å². The predicted molar refractivity (Wildman–Crippen MR) is 85.4 cm³/mol. The minimum atomic E-state index is -1.22. The van der Waals surface area contributed by atoms with E-state index >= 15 is 0 Å². The van der Waals surface area contributed by atoms with Gasteiger partial charge in [-0.15, -0.1) is 0 Å². The third kappa shape index (κ3) is 2.84. The number of aromatic nitrogens is 2. The van der Waals surface area contributed by atoms with Crippen LogP contribution in [0.1, 0.15) is 18.9 Å². The SMILES string of the molecule is CC(O)(CC(=O)Nc1cccc2cn[nH]c12)c1ccccc1. The van der Waals surface area contributed by atoms with E-state index in [4.69, 9.17) is 0 Å². The molecule has 0 radical (unpaired) electrons. The van der Waals surface area contributed by atoms with Crippen molar-refractivity contribution in [1.29, 1.82) is 0 Å². The van der Waals surface area contributed by atoms with Crippen LogP contribution in [0.5, 0.6) is 0 Å². The molecule has 0 fully saturated rings. The standard InChI is InChI=1S/C17H17N3O2/c1-17(22,13-7-3-2-4-8-13)10-15(21)19-14-9-5-6-12-11-18-20-16(12)14/h2-9,11,22H,10H2,1H3,(H,18,20)(H,19,21). The molecule has 1 amide bonds. The Morgan fingerprint density at radius 2 is 2.00 bits per heavy atom. The monoisotopic (exact) mass is 295 g/mol. The second kappa shape index (κ2) is 5.61. The van der Waals surface area contributed by atoms with Crippen LogP contribution in [0.3, 0.4) is 0 Å². The van der Waals surface area contributed by atoms with E-state index in [1.165, 1.54) is 0 Å². The number of nitrogens with zero attached hydrogens (tertiary/aromatic N) is 1. The molecule has 22 heavy (non-hydrogen) atoms. The molecule has 1 atom stereocenters. The van der Waals surface area contributed by atoms with Crippen LogP contribution in [-0.2, 0) is 10.4 Å². The molecule has 3 aromatic rings. The second-order valence-corrected chi connectivity index (χ2v) is 5.50. The van der Waals surface area contributed by atoms with Gasteiger partial charge in [-0.1, -0.05) is 42.5 Å². The summed E-state index contributed by atoms with van der Waals surface area (Å²) in [6.45, 7) is 1.64. The highest BCUT2D eigenvalue weighted by Gasteiger charge is 2.26.